The number of methoxy groups -OCH3 is 2. The number of hydrogen-bond donors (Lipinski definition) is 0. The molecule has 0 radical (unpaired) electrons. The number of benzene rings is 2. The first-order valence-electron chi connectivity index (χ1n) is 11.4. The lowest BCUT2D eigenvalue weighted by molar-refractivity contribution is -0.139. The minimum Gasteiger partial charge on any atom is -0.493 e. The van der Waals surface area contributed by atoms with Crippen molar-refractivity contribution in [3.8, 4) is 23.3 Å². The molecule has 0 spiro atoms. The standard InChI is InChI=1S/C27H25N3O6S/c1-5-35-26(32)23-16(2)29-27-30(24(23)18-10-11-20(33-3)21(14-18)34-4)25(31)22(37-27)15-17-8-6-7-9-19(17)36-13-12-28/h6-11,14-15,24H,5,13H2,1-4H3/b22-15-/t24-/m0/s1. The average molecular weight is 520 g/mol. The molecule has 0 unspecified atom stereocenters. The third-order valence-electron chi connectivity index (χ3n) is 5.74. The minimum absolute atomic E-state index is 0.118. The van der Waals surface area contributed by atoms with Gasteiger partial charge in [0.25, 0.3) is 5.56 Å². The van der Waals surface area contributed by atoms with Crippen molar-refractivity contribution in [1.82, 2.24) is 4.57 Å². The van der Waals surface area contributed by atoms with Gasteiger partial charge in [-0.1, -0.05) is 35.6 Å². The maximum absolute atomic E-state index is 13.8. The number of nitrogens with zero attached hydrogens (tertiary/aromatic N) is 3. The van der Waals surface area contributed by atoms with E-state index < -0.39 is 12.0 Å². The first kappa shape index (κ1) is 25.7. The topological polar surface area (TPSA) is 112 Å². The number of hydrogen-bond acceptors (Lipinski definition) is 9. The molecule has 2 aromatic carbocycles. The highest BCUT2D eigenvalue weighted by atomic mass is 32.1. The van der Waals surface area contributed by atoms with Gasteiger partial charge in [-0.05, 0) is 43.7 Å². The molecule has 0 fully saturated rings. The molecule has 0 saturated carbocycles. The van der Waals surface area contributed by atoms with Crippen LogP contribution in [0.1, 0.15) is 31.0 Å². The van der Waals surface area contributed by atoms with E-state index in [0.29, 0.717) is 43.4 Å². The van der Waals surface area contributed by atoms with Crippen LogP contribution in [-0.2, 0) is 9.53 Å². The van der Waals surface area contributed by atoms with Crippen LogP contribution in [0.15, 0.2) is 63.5 Å². The van der Waals surface area contributed by atoms with Crippen molar-refractivity contribution in [1.29, 1.82) is 5.26 Å². The summed E-state index contributed by atoms with van der Waals surface area (Å²) in [6.45, 7) is 3.51. The van der Waals surface area contributed by atoms with Gasteiger partial charge >= 0.3 is 5.97 Å². The molecule has 3 aromatic rings. The Morgan fingerprint density at radius 1 is 1.16 bits per heavy atom. The summed E-state index contributed by atoms with van der Waals surface area (Å²) in [5, 5.41) is 8.90. The molecular weight excluding hydrogens is 494 g/mol. The van der Waals surface area contributed by atoms with Crippen molar-refractivity contribution < 1.29 is 23.7 Å². The SMILES string of the molecule is CCOC(=O)C1=C(C)N=c2s/c(=C\c3ccccc3OCC#N)c(=O)n2[C@H]1c1ccc(OC)c(OC)c1. The van der Waals surface area contributed by atoms with Crippen molar-refractivity contribution >= 4 is 23.4 Å². The fraction of sp³-hybridized carbons (Fsp3) is 0.259. The van der Waals surface area contributed by atoms with Crippen molar-refractivity contribution in [3.05, 3.63) is 84.5 Å². The summed E-state index contributed by atoms with van der Waals surface area (Å²) in [6, 6.07) is 13.5. The van der Waals surface area contributed by atoms with Crippen molar-refractivity contribution in [2.45, 2.75) is 19.9 Å². The van der Waals surface area contributed by atoms with E-state index in [-0.39, 0.29) is 24.3 Å². The van der Waals surface area contributed by atoms with E-state index in [9.17, 15) is 9.59 Å². The molecule has 0 saturated heterocycles. The van der Waals surface area contributed by atoms with Crippen LogP contribution in [0.25, 0.3) is 6.08 Å². The van der Waals surface area contributed by atoms with E-state index in [4.69, 9.17) is 24.2 Å². The smallest absolute Gasteiger partial charge is 0.338 e. The molecule has 0 N–H and O–H groups in total. The van der Waals surface area contributed by atoms with E-state index in [0.717, 1.165) is 0 Å². The number of ether oxygens (including phenoxy) is 4. The van der Waals surface area contributed by atoms with Gasteiger partial charge < -0.3 is 18.9 Å². The number of esters is 1. The van der Waals surface area contributed by atoms with Gasteiger partial charge in [0.2, 0.25) is 0 Å². The molecule has 1 aliphatic heterocycles. The van der Waals surface area contributed by atoms with Crippen molar-refractivity contribution in [2.75, 3.05) is 27.4 Å². The Morgan fingerprint density at radius 2 is 1.92 bits per heavy atom. The number of fused-ring (bicyclic) bond motifs is 1. The Balaban J connectivity index is 1.95. The largest absolute Gasteiger partial charge is 0.493 e. The molecule has 4 rings (SSSR count). The normalized spacial score (nSPS) is 14.9. The molecule has 1 atom stereocenters. The number of nitriles is 1. The van der Waals surface area contributed by atoms with E-state index in [2.05, 4.69) is 4.99 Å². The van der Waals surface area contributed by atoms with Crippen LogP contribution in [0.2, 0.25) is 0 Å². The lowest BCUT2D eigenvalue weighted by Crippen LogP contribution is -2.40. The maximum Gasteiger partial charge on any atom is 0.338 e. The van der Waals surface area contributed by atoms with Gasteiger partial charge in [-0.3, -0.25) is 9.36 Å². The molecule has 0 amide bonds. The van der Waals surface area contributed by atoms with E-state index in [1.807, 2.05) is 12.1 Å². The van der Waals surface area contributed by atoms with Crippen molar-refractivity contribution in [3.63, 3.8) is 0 Å². The zero-order valence-corrected chi connectivity index (χ0v) is 21.6. The zero-order chi connectivity index (χ0) is 26.5. The van der Waals surface area contributed by atoms with E-state index in [1.54, 1.807) is 56.3 Å². The van der Waals surface area contributed by atoms with Gasteiger partial charge in [0.15, 0.2) is 22.9 Å². The number of rotatable bonds is 8. The molecule has 2 heterocycles. The first-order chi connectivity index (χ1) is 17.9. The lowest BCUT2D eigenvalue weighted by Gasteiger charge is -2.25. The van der Waals surface area contributed by atoms with Crippen LogP contribution in [0, 0.1) is 11.3 Å². The second kappa shape index (κ2) is 11.1. The summed E-state index contributed by atoms with van der Waals surface area (Å²) in [7, 11) is 3.05. The Kier molecular flexibility index (Phi) is 7.74. The average Bonchev–Trinajstić information content (AvgIpc) is 3.21. The van der Waals surface area contributed by atoms with Gasteiger partial charge in [0.1, 0.15) is 11.8 Å². The Bertz CT molecular complexity index is 1600. The highest BCUT2D eigenvalue weighted by Gasteiger charge is 2.34. The molecular formula is C27H25N3O6S. The molecule has 10 heteroatoms. The highest BCUT2D eigenvalue weighted by molar-refractivity contribution is 7.07. The third-order valence-corrected chi connectivity index (χ3v) is 6.72. The summed E-state index contributed by atoms with van der Waals surface area (Å²) in [5.74, 6) is 0.914. The number of aromatic nitrogens is 1. The number of thiazole rings is 1. The van der Waals surface area contributed by atoms with Gasteiger partial charge in [-0.2, -0.15) is 5.26 Å². The maximum atomic E-state index is 13.8. The number of carbonyl (C=O) groups is 1. The second-order valence-corrected chi connectivity index (χ2v) is 8.91. The molecule has 190 valence electrons. The third kappa shape index (κ3) is 4.99. The highest BCUT2D eigenvalue weighted by Crippen LogP contribution is 2.36. The lowest BCUT2D eigenvalue weighted by atomic mass is 9.95. The molecule has 9 nitrogen and oxygen atoms in total. The minimum atomic E-state index is -0.790. The number of para-hydroxylation sites is 1. The van der Waals surface area contributed by atoms with Crippen LogP contribution in [0.3, 0.4) is 0 Å². The van der Waals surface area contributed by atoms with Crippen LogP contribution < -0.4 is 29.1 Å². The molecule has 0 bridgehead atoms. The summed E-state index contributed by atoms with van der Waals surface area (Å²) in [4.78, 5) is 31.9. The van der Waals surface area contributed by atoms with Crippen molar-refractivity contribution in [2.24, 2.45) is 4.99 Å². The number of allylic oxidation sites excluding steroid dienone is 1. The summed E-state index contributed by atoms with van der Waals surface area (Å²) < 4.78 is 23.6. The molecule has 1 aromatic heterocycles. The molecule has 1 aliphatic rings. The van der Waals surface area contributed by atoms with Gasteiger partial charge in [-0.15, -0.1) is 0 Å². The van der Waals surface area contributed by atoms with E-state index in [1.165, 1.54) is 30.1 Å². The monoisotopic (exact) mass is 519 g/mol. The van der Waals surface area contributed by atoms with Crippen LogP contribution in [0.4, 0.5) is 0 Å². The summed E-state index contributed by atoms with van der Waals surface area (Å²) in [6.07, 6.45) is 1.70. The molecule has 0 aliphatic carbocycles. The van der Waals surface area contributed by atoms with Crippen LogP contribution >= 0.6 is 11.3 Å². The van der Waals surface area contributed by atoms with Crippen LogP contribution in [-0.4, -0.2) is 38.0 Å². The summed E-state index contributed by atoms with van der Waals surface area (Å²) >= 11 is 1.20. The van der Waals surface area contributed by atoms with Gasteiger partial charge in [0, 0.05) is 5.56 Å². The van der Waals surface area contributed by atoms with Gasteiger partial charge in [-0.25, -0.2) is 9.79 Å². The Labute approximate surface area is 217 Å². The van der Waals surface area contributed by atoms with Gasteiger partial charge in [0.05, 0.1) is 42.7 Å². The molecule has 37 heavy (non-hydrogen) atoms. The predicted octanol–water partition coefficient (Wildman–Crippen LogP) is 2.72. The summed E-state index contributed by atoms with van der Waals surface area (Å²) in [5.41, 5.74) is 1.69. The fourth-order valence-electron chi connectivity index (χ4n) is 4.11. The fourth-order valence-corrected chi connectivity index (χ4v) is 5.15. The second-order valence-electron chi connectivity index (χ2n) is 7.90. The Hall–Kier alpha value is -4.36. The first-order valence-corrected chi connectivity index (χ1v) is 12.3. The number of carbonyl (C=O) groups excluding carboxylic acids is 1. The Morgan fingerprint density at radius 3 is 2.62 bits per heavy atom. The van der Waals surface area contributed by atoms with Crippen LogP contribution in [0.5, 0.6) is 17.2 Å². The zero-order valence-electron chi connectivity index (χ0n) is 20.8. The van der Waals surface area contributed by atoms with E-state index >= 15 is 0 Å². The predicted molar refractivity (Wildman–Crippen MR) is 137 cm³/mol. The quantitative estimate of drug-likeness (QED) is 0.421.